The molecule has 0 fully saturated rings. The monoisotopic (exact) mass is 454 g/mol. The Labute approximate surface area is 190 Å². The Bertz CT molecular complexity index is 1140. The molecule has 0 atom stereocenters. The molecule has 0 radical (unpaired) electrons. The van der Waals surface area contributed by atoms with Crippen molar-refractivity contribution < 1.29 is 9.47 Å². The summed E-state index contributed by atoms with van der Waals surface area (Å²) in [6.45, 7) is 2.24. The predicted octanol–water partition coefficient (Wildman–Crippen LogP) is 5.56. The first-order chi connectivity index (χ1) is 15.2. The third-order valence-corrected chi connectivity index (χ3v) is 6.00. The zero-order chi connectivity index (χ0) is 21.5. The largest absolute Gasteiger partial charge is 0.490 e. The quantitative estimate of drug-likeness (QED) is 0.306. The number of benzene rings is 2. The number of hydrogen-bond donors (Lipinski definition) is 2. The Hall–Kier alpha value is -2.87. The van der Waals surface area contributed by atoms with E-state index in [9.17, 15) is 0 Å². The molecule has 2 aromatic heterocycles. The molecule has 160 valence electrons. The Morgan fingerprint density at radius 3 is 2.52 bits per heavy atom. The Kier molecular flexibility index (Phi) is 7.19. The number of methoxy groups -OCH3 is 1. The van der Waals surface area contributed by atoms with Gasteiger partial charge < -0.3 is 20.1 Å². The van der Waals surface area contributed by atoms with E-state index in [1.807, 2.05) is 42.5 Å². The van der Waals surface area contributed by atoms with Crippen LogP contribution < -0.4 is 15.4 Å². The van der Waals surface area contributed by atoms with Gasteiger partial charge in [0.25, 0.3) is 0 Å². The molecule has 0 saturated heterocycles. The summed E-state index contributed by atoms with van der Waals surface area (Å²) in [5.74, 6) is 2.01. The van der Waals surface area contributed by atoms with Gasteiger partial charge in [-0.15, -0.1) is 11.3 Å². The lowest BCUT2D eigenvalue weighted by Gasteiger charge is -2.11. The van der Waals surface area contributed by atoms with Gasteiger partial charge in [0.05, 0.1) is 28.4 Å². The van der Waals surface area contributed by atoms with Gasteiger partial charge in [-0.3, -0.25) is 0 Å². The van der Waals surface area contributed by atoms with E-state index >= 15 is 0 Å². The molecule has 0 amide bonds. The normalized spacial score (nSPS) is 10.9. The van der Waals surface area contributed by atoms with Crippen LogP contribution in [0, 0.1) is 0 Å². The number of nitrogens with one attached hydrogen (secondary N) is 2. The van der Waals surface area contributed by atoms with Crippen molar-refractivity contribution in [2.24, 2.45) is 0 Å². The molecule has 0 aliphatic rings. The van der Waals surface area contributed by atoms with Crippen LogP contribution in [-0.4, -0.2) is 43.4 Å². The third-order valence-electron chi connectivity index (χ3n) is 4.51. The van der Waals surface area contributed by atoms with Crippen LogP contribution in [0.25, 0.3) is 20.7 Å². The zero-order valence-electron chi connectivity index (χ0n) is 17.1. The molecule has 0 aliphatic carbocycles. The van der Waals surface area contributed by atoms with E-state index < -0.39 is 0 Å². The maximum absolute atomic E-state index is 6.16. The van der Waals surface area contributed by atoms with E-state index in [0.29, 0.717) is 43.0 Å². The second kappa shape index (κ2) is 10.4. The maximum Gasteiger partial charge on any atom is 0.225 e. The minimum atomic E-state index is 0.457. The number of para-hydroxylation sites is 1. The molecule has 8 heteroatoms. The first-order valence-electron chi connectivity index (χ1n) is 9.95. The number of aromatic nitrogens is 2. The van der Waals surface area contributed by atoms with Crippen molar-refractivity contribution in [2.45, 2.75) is 0 Å². The summed E-state index contributed by atoms with van der Waals surface area (Å²) in [5.41, 5.74) is 2.06. The summed E-state index contributed by atoms with van der Waals surface area (Å²) in [6.07, 6.45) is 0. The number of anilines is 2. The van der Waals surface area contributed by atoms with Crippen molar-refractivity contribution in [2.75, 3.05) is 44.0 Å². The molecule has 4 aromatic rings. The van der Waals surface area contributed by atoms with Gasteiger partial charge in [-0.25, -0.2) is 4.98 Å². The highest BCUT2D eigenvalue weighted by Gasteiger charge is 2.13. The predicted molar refractivity (Wildman–Crippen MR) is 129 cm³/mol. The summed E-state index contributed by atoms with van der Waals surface area (Å²) < 4.78 is 11.9. The molecule has 2 N–H and O–H groups in total. The molecule has 4 rings (SSSR count). The van der Waals surface area contributed by atoms with Crippen LogP contribution in [0.1, 0.15) is 0 Å². The highest BCUT2D eigenvalue weighted by Crippen LogP contribution is 2.36. The minimum Gasteiger partial charge on any atom is -0.490 e. The van der Waals surface area contributed by atoms with Gasteiger partial charge in [0.2, 0.25) is 5.95 Å². The number of ether oxygens (including phenoxy) is 2. The zero-order valence-corrected chi connectivity index (χ0v) is 18.7. The first-order valence-corrected chi connectivity index (χ1v) is 11.1. The first kappa shape index (κ1) is 21.4. The van der Waals surface area contributed by atoms with Gasteiger partial charge in [-0.1, -0.05) is 54.1 Å². The Morgan fingerprint density at radius 1 is 0.935 bits per heavy atom. The van der Waals surface area contributed by atoms with E-state index in [1.165, 1.54) is 0 Å². The maximum atomic E-state index is 6.16. The fraction of sp³-hybridized carbons (Fsp3) is 0.217. The lowest BCUT2D eigenvalue weighted by atomic mass is 10.2. The van der Waals surface area contributed by atoms with Crippen LogP contribution in [0.5, 0.6) is 5.75 Å². The smallest absolute Gasteiger partial charge is 0.225 e. The van der Waals surface area contributed by atoms with E-state index in [0.717, 1.165) is 26.5 Å². The molecule has 0 unspecified atom stereocenters. The summed E-state index contributed by atoms with van der Waals surface area (Å²) >= 11 is 7.83. The van der Waals surface area contributed by atoms with Gasteiger partial charge in [0.1, 0.15) is 18.2 Å². The Morgan fingerprint density at radius 2 is 1.71 bits per heavy atom. The fourth-order valence-electron chi connectivity index (χ4n) is 3.03. The van der Waals surface area contributed by atoms with Crippen LogP contribution in [0.4, 0.5) is 11.8 Å². The minimum absolute atomic E-state index is 0.457. The second-order valence-electron chi connectivity index (χ2n) is 6.71. The van der Waals surface area contributed by atoms with Gasteiger partial charge in [-0.05, 0) is 23.8 Å². The molecule has 2 aromatic carbocycles. The van der Waals surface area contributed by atoms with Gasteiger partial charge >= 0.3 is 0 Å². The van der Waals surface area contributed by atoms with E-state index in [-0.39, 0.29) is 0 Å². The van der Waals surface area contributed by atoms with Crippen molar-refractivity contribution in [1.82, 2.24) is 9.97 Å². The van der Waals surface area contributed by atoms with Crippen molar-refractivity contribution in [3.8, 4) is 16.2 Å². The molecule has 0 bridgehead atoms. The van der Waals surface area contributed by atoms with Gasteiger partial charge in [0.15, 0.2) is 0 Å². The summed E-state index contributed by atoms with van der Waals surface area (Å²) in [6, 6.07) is 19.8. The second-order valence-corrected chi connectivity index (χ2v) is 8.17. The average Bonchev–Trinajstić information content (AvgIpc) is 3.23. The standard InChI is InChI=1S/C23H23ClN4O2S/c1-29-13-11-26-23-27-18-15-20(16-7-3-2-4-8-16)31-21(18)22(28-23)25-12-14-30-19-10-6-5-9-17(19)24/h2-10,15H,11-14H2,1H3,(H2,25,26,27,28). The van der Waals surface area contributed by atoms with Crippen molar-refractivity contribution in [1.29, 1.82) is 0 Å². The van der Waals surface area contributed by atoms with Crippen molar-refractivity contribution in [3.63, 3.8) is 0 Å². The molecule has 0 aliphatic heterocycles. The summed E-state index contributed by atoms with van der Waals surface area (Å²) in [5, 5.41) is 7.21. The number of nitrogens with zero attached hydrogens (tertiary/aromatic N) is 2. The number of halogens is 1. The number of thiophene rings is 1. The van der Waals surface area contributed by atoms with Crippen LogP contribution in [0.2, 0.25) is 5.02 Å². The third kappa shape index (κ3) is 5.44. The number of hydrogen-bond acceptors (Lipinski definition) is 7. The van der Waals surface area contributed by atoms with E-state index in [1.54, 1.807) is 18.4 Å². The van der Waals surface area contributed by atoms with Gasteiger partial charge in [-0.2, -0.15) is 4.98 Å². The Balaban J connectivity index is 1.54. The van der Waals surface area contributed by atoms with E-state index in [2.05, 4.69) is 38.8 Å². The summed E-state index contributed by atoms with van der Waals surface area (Å²) in [4.78, 5) is 10.5. The highest BCUT2D eigenvalue weighted by atomic mass is 35.5. The molecular formula is C23H23ClN4O2S. The SMILES string of the molecule is COCCNc1nc(NCCOc2ccccc2Cl)c2sc(-c3ccccc3)cc2n1. The molecule has 6 nitrogen and oxygen atoms in total. The fourth-order valence-corrected chi connectivity index (χ4v) is 4.29. The summed E-state index contributed by atoms with van der Waals surface area (Å²) in [7, 11) is 1.67. The lowest BCUT2D eigenvalue weighted by molar-refractivity contribution is 0.210. The van der Waals surface area contributed by atoms with Crippen LogP contribution >= 0.6 is 22.9 Å². The highest BCUT2D eigenvalue weighted by molar-refractivity contribution is 7.22. The lowest BCUT2D eigenvalue weighted by Crippen LogP contribution is -2.14. The topological polar surface area (TPSA) is 68.3 Å². The van der Waals surface area contributed by atoms with Crippen LogP contribution in [0.3, 0.4) is 0 Å². The van der Waals surface area contributed by atoms with Crippen LogP contribution in [0.15, 0.2) is 60.7 Å². The van der Waals surface area contributed by atoms with Gasteiger partial charge in [0, 0.05) is 18.5 Å². The molecule has 0 spiro atoms. The van der Waals surface area contributed by atoms with Crippen molar-refractivity contribution in [3.05, 3.63) is 65.7 Å². The molecule has 2 heterocycles. The molecular weight excluding hydrogens is 432 g/mol. The molecule has 0 saturated carbocycles. The van der Waals surface area contributed by atoms with E-state index in [4.69, 9.17) is 21.1 Å². The van der Waals surface area contributed by atoms with Crippen LogP contribution in [-0.2, 0) is 4.74 Å². The van der Waals surface area contributed by atoms with Crippen molar-refractivity contribution >= 4 is 44.9 Å². The number of rotatable bonds is 10. The number of fused-ring (bicyclic) bond motifs is 1. The average molecular weight is 455 g/mol. The molecule has 31 heavy (non-hydrogen) atoms.